The van der Waals surface area contributed by atoms with Gasteiger partial charge in [-0.1, -0.05) is 131 Å². The highest BCUT2D eigenvalue weighted by Crippen LogP contribution is 2.76. The van der Waals surface area contributed by atoms with Crippen molar-refractivity contribution in [3.63, 3.8) is 0 Å². The van der Waals surface area contributed by atoms with Crippen LogP contribution < -0.4 is 11.2 Å². The van der Waals surface area contributed by atoms with Crippen molar-refractivity contribution in [3.05, 3.63) is 45.6 Å². The number of nitrogens with two attached hydrogens (primary N) is 1. The van der Waals surface area contributed by atoms with Crippen molar-refractivity contribution in [2.24, 2.45) is 85.6 Å². The average molecular weight is 1230 g/mol. The Balaban J connectivity index is 1.24. The zero-order valence-corrected chi connectivity index (χ0v) is 57.5. The van der Waals surface area contributed by atoms with Crippen molar-refractivity contribution in [2.45, 2.75) is 301 Å². The fourth-order valence-corrected chi connectivity index (χ4v) is 22.3. The van der Waals surface area contributed by atoms with Gasteiger partial charge in [0.25, 0.3) is 0 Å². The molecule has 8 aliphatic rings. The quantitative estimate of drug-likeness (QED) is 0.0113. The van der Waals surface area contributed by atoms with Gasteiger partial charge in [-0.2, -0.15) is 0 Å². The van der Waals surface area contributed by atoms with Crippen LogP contribution in [0.2, 0.25) is 0 Å². The van der Waals surface area contributed by atoms with E-state index < -0.39 is 99.4 Å². The molecule has 10 unspecified atom stereocenters. The molecule has 0 aromatic heterocycles. The van der Waals surface area contributed by atoms with Gasteiger partial charge in [0, 0.05) is 50.2 Å². The van der Waals surface area contributed by atoms with Crippen LogP contribution in [0.3, 0.4) is 0 Å². The largest absolute Gasteiger partial charge is 0.458 e. The van der Waals surface area contributed by atoms with Crippen molar-refractivity contribution in [3.8, 4) is 0 Å². The molecule has 0 heterocycles. The summed E-state index contributed by atoms with van der Waals surface area (Å²) in [5.41, 5.74) is 12.2. The summed E-state index contributed by atoms with van der Waals surface area (Å²) in [6.45, 7) is 35.2. The lowest BCUT2D eigenvalue weighted by Crippen LogP contribution is -2.71. The normalized spacial score (nSPS) is 42.8. The third kappa shape index (κ3) is 12.9. The number of carbonyl (C=O) groups excluding carboxylic acids is 4. The Hall–Kier alpha value is -3.24. The summed E-state index contributed by atoms with van der Waals surface area (Å²) < 4.78 is 19.3. The number of aliphatic hydroxyl groups is 4. The van der Waals surface area contributed by atoms with Gasteiger partial charge in [-0.15, -0.1) is 0 Å². The van der Waals surface area contributed by atoms with E-state index in [1.54, 1.807) is 0 Å². The maximum absolute atomic E-state index is 15.9. The SMILES string of the molecule is CCCCCCN(CCCCCC)NC1C[C@@]2(C)C(C(O)C[C@@H]3C(=C(CCC=C(C)C)C(=O)OC(=O)C(CCC=C(C)C)=C4[C@@H](OC(C)=O)C[C@@]5(C)[C@@H]4CC(O)C4[C@@]6(C)CC[C@@H](O)C(C)C6C(N)C[C@@]45C)[C@@H](OC(C)=O)C[C@@]32C)[C@@]2(C)CC[C@@H](O)C(C)C12. The molecule has 0 bridgehead atoms. The summed E-state index contributed by atoms with van der Waals surface area (Å²) in [7, 11) is 0. The average Bonchev–Trinajstić information content (AvgIpc) is 1.23. The number of allylic oxidation sites excluding steroid dienone is 4. The van der Waals surface area contributed by atoms with Crippen LogP contribution in [0.1, 0.15) is 252 Å². The predicted octanol–water partition coefficient (Wildman–Crippen LogP) is 13.1. The molecule has 0 aliphatic heterocycles. The zero-order valence-electron chi connectivity index (χ0n) is 57.5. The smallest absolute Gasteiger partial charge is 0.342 e. The van der Waals surface area contributed by atoms with Gasteiger partial charge in [0.05, 0.1) is 24.4 Å². The number of nitrogens with zero attached hydrogens (tertiary/aromatic N) is 1. The van der Waals surface area contributed by atoms with E-state index in [0.29, 0.717) is 75.4 Å². The van der Waals surface area contributed by atoms with Crippen molar-refractivity contribution in [2.75, 3.05) is 13.1 Å². The van der Waals surface area contributed by atoms with Crippen LogP contribution in [0.4, 0.5) is 0 Å². The maximum atomic E-state index is 15.9. The van der Waals surface area contributed by atoms with Crippen molar-refractivity contribution < 1.29 is 53.8 Å². The third-order valence-corrected chi connectivity index (χ3v) is 26.2. The molecular formula is C74H121N3O11. The van der Waals surface area contributed by atoms with E-state index in [-0.39, 0.29) is 77.0 Å². The van der Waals surface area contributed by atoms with E-state index in [9.17, 15) is 30.0 Å². The molecule has 0 spiro atoms. The van der Waals surface area contributed by atoms with E-state index in [1.807, 2.05) is 27.7 Å². The number of esters is 4. The Morgan fingerprint density at radius 1 is 0.568 bits per heavy atom. The molecular weight excluding hydrogens is 1110 g/mol. The fraction of sp³-hybridized carbons (Fsp3) is 0.838. The van der Waals surface area contributed by atoms with E-state index in [0.717, 1.165) is 75.6 Å². The van der Waals surface area contributed by atoms with E-state index >= 15 is 9.59 Å². The Kier molecular flexibility index (Phi) is 22.3. The molecule has 8 fully saturated rings. The predicted molar refractivity (Wildman–Crippen MR) is 346 cm³/mol. The van der Waals surface area contributed by atoms with Crippen LogP contribution in [0, 0.1) is 79.8 Å². The molecule has 22 atom stereocenters. The molecule has 0 amide bonds. The molecule has 14 nitrogen and oxygen atoms in total. The topological polar surface area (TPSA) is 218 Å². The van der Waals surface area contributed by atoms with Crippen LogP contribution in [0.25, 0.3) is 0 Å². The first-order valence-electron chi connectivity index (χ1n) is 35.1. The zero-order chi connectivity index (χ0) is 64.8. The highest BCUT2D eigenvalue weighted by molar-refractivity contribution is 6.03. The summed E-state index contributed by atoms with van der Waals surface area (Å²) in [4.78, 5) is 58.7. The standard InChI is InChI=1S/C74H121N3O11/c1-17-19-21-23-35-77(36-24-22-20-18-2)76-54-40-74(16)66(70(12)34-32-56(81)46(8)64(54)70)58(83)38-52-62(60(87-48(10)79)42-72(52,74)14)50(30-26-28-44(5)6)68(85)88-67(84)49(29-25-27-43(3)4)61-51-37-57(82)65-69(11)33-31-55(80)45(7)63(69)53(75)39-73(65,15)71(51,13)41-59(61)86-47(9)78/h27-28,45-46,51-60,63-66,76,80-83H,17-26,29-42,75H2,1-16H3/t45?,46?,51-,52-,53?,54?,55-,56-,57?,58?,59+,60+,63?,64?,65?,66?,69+,70+,71+,72+,73+,74+/m1/s1. The van der Waals surface area contributed by atoms with Gasteiger partial charge in [0.15, 0.2) is 0 Å². The van der Waals surface area contributed by atoms with Gasteiger partial charge in [0.2, 0.25) is 0 Å². The minimum absolute atomic E-state index is 0.0153. The molecule has 0 radical (unpaired) electrons. The van der Waals surface area contributed by atoms with Crippen LogP contribution >= 0.6 is 0 Å². The molecule has 0 aromatic carbocycles. The molecule has 8 aliphatic carbocycles. The van der Waals surface area contributed by atoms with Crippen molar-refractivity contribution in [1.82, 2.24) is 10.4 Å². The van der Waals surface area contributed by atoms with Gasteiger partial charge in [0.1, 0.15) is 12.2 Å². The van der Waals surface area contributed by atoms with E-state index in [2.05, 4.69) is 91.8 Å². The van der Waals surface area contributed by atoms with Crippen LogP contribution in [-0.4, -0.2) is 111 Å². The first kappa shape index (κ1) is 70.6. The minimum Gasteiger partial charge on any atom is -0.458 e. The molecule has 14 heteroatoms. The summed E-state index contributed by atoms with van der Waals surface area (Å²) in [5.74, 6) is -3.88. The van der Waals surface area contributed by atoms with Crippen molar-refractivity contribution >= 4 is 23.9 Å². The van der Waals surface area contributed by atoms with E-state index in [1.165, 1.54) is 26.7 Å². The highest BCUT2D eigenvalue weighted by Gasteiger charge is 2.74. The maximum Gasteiger partial charge on any atom is 0.342 e. The van der Waals surface area contributed by atoms with Gasteiger partial charge in [-0.05, 0) is 221 Å². The Morgan fingerprint density at radius 2 is 0.977 bits per heavy atom. The number of unbranched alkanes of at least 4 members (excludes halogenated alkanes) is 6. The van der Waals surface area contributed by atoms with Crippen LogP contribution in [0.15, 0.2) is 45.6 Å². The number of hydrazine groups is 1. The lowest BCUT2D eigenvalue weighted by molar-refractivity contribution is -0.246. The number of fused-ring (bicyclic) bond motifs is 10. The number of hydrogen-bond acceptors (Lipinski definition) is 14. The number of ether oxygens (including phenoxy) is 3. The van der Waals surface area contributed by atoms with Crippen LogP contribution in [0.5, 0.6) is 0 Å². The van der Waals surface area contributed by atoms with Crippen LogP contribution in [-0.2, 0) is 33.4 Å². The second-order valence-electron chi connectivity index (χ2n) is 32.0. The number of rotatable bonds is 22. The number of carbonyl (C=O) groups is 4. The molecule has 0 saturated heterocycles. The lowest BCUT2D eigenvalue weighted by Gasteiger charge is -2.70. The molecule has 7 N–H and O–H groups in total. The summed E-state index contributed by atoms with van der Waals surface area (Å²) in [6.07, 6.45) is 15.8. The van der Waals surface area contributed by atoms with Gasteiger partial charge in [-0.25, -0.2) is 14.6 Å². The first-order chi connectivity index (χ1) is 41.3. The van der Waals surface area contributed by atoms with Gasteiger partial charge >= 0.3 is 23.9 Å². The fourth-order valence-electron chi connectivity index (χ4n) is 22.3. The Labute approximate surface area is 530 Å². The number of nitrogens with one attached hydrogen (secondary N) is 1. The second kappa shape index (κ2) is 27.8. The Bertz CT molecular complexity index is 2650. The van der Waals surface area contributed by atoms with E-state index in [4.69, 9.17) is 19.9 Å². The molecule has 8 rings (SSSR count). The van der Waals surface area contributed by atoms with Crippen molar-refractivity contribution in [1.29, 1.82) is 0 Å². The summed E-state index contributed by atoms with van der Waals surface area (Å²) >= 11 is 0. The minimum atomic E-state index is -0.842. The molecule has 88 heavy (non-hydrogen) atoms. The van der Waals surface area contributed by atoms with Gasteiger partial charge < -0.3 is 40.4 Å². The molecule has 498 valence electrons. The lowest BCUT2D eigenvalue weighted by atomic mass is 9.35. The highest BCUT2D eigenvalue weighted by atomic mass is 16.6. The third-order valence-electron chi connectivity index (χ3n) is 26.2. The summed E-state index contributed by atoms with van der Waals surface area (Å²) in [5, 5.41) is 51.5. The molecule has 0 aromatic rings. The second-order valence-corrected chi connectivity index (χ2v) is 32.0. The summed E-state index contributed by atoms with van der Waals surface area (Å²) in [6, 6.07) is -0.314. The van der Waals surface area contributed by atoms with Gasteiger partial charge in [-0.3, -0.25) is 15.0 Å². The Morgan fingerprint density at radius 3 is 1.39 bits per heavy atom. The molecule has 8 saturated carbocycles. The number of hydrogen-bond donors (Lipinski definition) is 6. The monoisotopic (exact) mass is 1230 g/mol. The first-order valence-corrected chi connectivity index (χ1v) is 35.1. The number of aliphatic hydroxyl groups excluding tert-OH is 4.